The first-order valence-electron chi connectivity index (χ1n) is 6.23. The lowest BCUT2D eigenvalue weighted by Gasteiger charge is -2.23. The van der Waals surface area contributed by atoms with E-state index in [4.69, 9.17) is 4.74 Å². The fourth-order valence-electron chi connectivity index (χ4n) is 2.19. The molecule has 3 atom stereocenters. The third-order valence-corrected chi connectivity index (χ3v) is 4.26. The average Bonchev–Trinajstić information content (AvgIpc) is 2.67. The van der Waals surface area contributed by atoms with Crippen LogP contribution in [0.2, 0.25) is 0 Å². The van der Waals surface area contributed by atoms with Gasteiger partial charge in [-0.15, -0.1) is 0 Å². The highest BCUT2D eigenvalue weighted by atomic mass is 32.2. The van der Waals surface area contributed by atoms with Crippen LogP contribution in [0.4, 0.5) is 0 Å². The second-order valence-corrected chi connectivity index (χ2v) is 5.69. The Morgan fingerprint density at radius 2 is 2.25 bits per heavy atom. The minimum atomic E-state index is -0.178. The van der Waals surface area contributed by atoms with Gasteiger partial charge in [-0.1, -0.05) is 13.3 Å². The van der Waals surface area contributed by atoms with Crippen LogP contribution in [0.25, 0.3) is 0 Å². The summed E-state index contributed by atoms with van der Waals surface area (Å²) in [6.07, 6.45) is 3.72. The SMILES string of the molecule is CCOC(=O)C(C)NC1CCCC1SCC. The van der Waals surface area contributed by atoms with Gasteiger partial charge >= 0.3 is 5.97 Å². The number of ether oxygens (including phenoxy) is 1. The summed E-state index contributed by atoms with van der Waals surface area (Å²) < 4.78 is 5.00. The van der Waals surface area contributed by atoms with Crippen molar-refractivity contribution in [3.05, 3.63) is 0 Å². The number of esters is 1. The monoisotopic (exact) mass is 245 g/mol. The molecule has 0 aromatic carbocycles. The number of rotatable bonds is 6. The topological polar surface area (TPSA) is 38.3 Å². The van der Waals surface area contributed by atoms with Crippen LogP contribution >= 0.6 is 11.8 Å². The molecule has 0 saturated heterocycles. The molecule has 1 saturated carbocycles. The molecule has 3 unspecified atom stereocenters. The van der Waals surface area contributed by atoms with Gasteiger partial charge in [-0.05, 0) is 32.4 Å². The highest BCUT2D eigenvalue weighted by Gasteiger charge is 2.29. The predicted molar refractivity (Wildman–Crippen MR) is 68.8 cm³/mol. The Kier molecular flexibility index (Phi) is 6.21. The van der Waals surface area contributed by atoms with E-state index in [1.165, 1.54) is 19.3 Å². The van der Waals surface area contributed by atoms with Crippen LogP contribution in [0.5, 0.6) is 0 Å². The Labute approximate surface area is 103 Å². The van der Waals surface area contributed by atoms with Crippen molar-refractivity contribution in [3.8, 4) is 0 Å². The lowest BCUT2D eigenvalue weighted by molar-refractivity contribution is -0.145. The Bertz CT molecular complexity index is 223. The van der Waals surface area contributed by atoms with Gasteiger partial charge < -0.3 is 10.1 Å². The van der Waals surface area contributed by atoms with E-state index in [0.717, 1.165) is 5.75 Å². The first-order valence-corrected chi connectivity index (χ1v) is 7.28. The highest BCUT2D eigenvalue weighted by Crippen LogP contribution is 2.30. The number of hydrogen-bond donors (Lipinski definition) is 1. The van der Waals surface area contributed by atoms with Crippen LogP contribution in [0.1, 0.15) is 40.0 Å². The molecule has 1 fully saturated rings. The summed E-state index contributed by atoms with van der Waals surface area (Å²) in [6.45, 7) is 6.39. The van der Waals surface area contributed by atoms with Gasteiger partial charge in [-0.2, -0.15) is 11.8 Å². The molecule has 16 heavy (non-hydrogen) atoms. The fourth-order valence-corrected chi connectivity index (χ4v) is 3.40. The first-order chi connectivity index (χ1) is 7.69. The van der Waals surface area contributed by atoms with Gasteiger partial charge in [0.15, 0.2) is 0 Å². The summed E-state index contributed by atoms with van der Waals surface area (Å²) in [6, 6.07) is 0.298. The molecule has 0 aromatic rings. The van der Waals surface area contributed by atoms with E-state index < -0.39 is 0 Å². The van der Waals surface area contributed by atoms with E-state index in [2.05, 4.69) is 12.2 Å². The average molecular weight is 245 g/mol. The lowest BCUT2D eigenvalue weighted by atomic mass is 10.2. The van der Waals surface area contributed by atoms with Crippen molar-refractivity contribution in [2.45, 2.75) is 57.4 Å². The van der Waals surface area contributed by atoms with Crippen LogP contribution in [0.15, 0.2) is 0 Å². The van der Waals surface area contributed by atoms with Gasteiger partial charge in [0.05, 0.1) is 6.61 Å². The minimum Gasteiger partial charge on any atom is -0.465 e. The summed E-state index contributed by atoms with van der Waals surface area (Å²) in [5, 5.41) is 4.07. The lowest BCUT2D eigenvalue weighted by Crippen LogP contribution is -2.44. The largest absolute Gasteiger partial charge is 0.465 e. The molecule has 0 aromatic heterocycles. The van der Waals surface area contributed by atoms with Crippen LogP contribution in [-0.2, 0) is 9.53 Å². The second kappa shape index (κ2) is 7.17. The molecule has 1 N–H and O–H groups in total. The van der Waals surface area contributed by atoms with Gasteiger partial charge in [0.2, 0.25) is 0 Å². The summed E-state index contributed by atoms with van der Waals surface area (Å²) in [5.41, 5.74) is 0. The van der Waals surface area contributed by atoms with E-state index in [0.29, 0.717) is 17.9 Å². The predicted octanol–water partition coefficient (Wildman–Crippen LogP) is 2.20. The summed E-state index contributed by atoms with van der Waals surface area (Å²) in [5.74, 6) is 1.02. The number of nitrogens with one attached hydrogen (secondary N) is 1. The zero-order chi connectivity index (χ0) is 12.0. The molecule has 0 amide bonds. The van der Waals surface area contributed by atoms with Crippen molar-refractivity contribution >= 4 is 17.7 Å². The number of carbonyl (C=O) groups is 1. The van der Waals surface area contributed by atoms with Crippen molar-refractivity contribution in [1.29, 1.82) is 0 Å². The second-order valence-electron chi connectivity index (χ2n) is 4.17. The summed E-state index contributed by atoms with van der Waals surface area (Å²) in [4.78, 5) is 11.5. The molecule has 94 valence electrons. The van der Waals surface area contributed by atoms with E-state index in [-0.39, 0.29) is 12.0 Å². The molecule has 0 spiro atoms. The third-order valence-electron chi connectivity index (χ3n) is 2.94. The molecule has 0 heterocycles. The Morgan fingerprint density at radius 3 is 2.88 bits per heavy atom. The normalized spacial score (nSPS) is 26.7. The molecular formula is C12H23NO2S. The number of thioether (sulfide) groups is 1. The Hall–Kier alpha value is -0.220. The van der Waals surface area contributed by atoms with Gasteiger partial charge in [-0.3, -0.25) is 4.79 Å². The van der Waals surface area contributed by atoms with E-state index in [1.54, 1.807) is 0 Å². The standard InChI is InChI=1S/C12H23NO2S/c1-4-15-12(14)9(3)13-10-7-6-8-11(10)16-5-2/h9-11,13H,4-8H2,1-3H3. The van der Waals surface area contributed by atoms with Crippen molar-refractivity contribution in [3.63, 3.8) is 0 Å². The number of hydrogen-bond acceptors (Lipinski definition) is 4. The first kappa shape index (κ1) is 13.8. The minimum absolute atomic E-state index is 0.130. The van der Waals surface area contributed by atoms with Crippen LogP contribution in [-0.4, -0.2) is 35.7 Å². The quantitative estimate of drug-likeness (QED) is 0.728. The molecule has 1 rings (SSSR count). The van der Waals surface area contributed by atoms with Gasteiger partial charge in [0.25, 0.3) is 0 Å². The summed E-state index contributed by atoms with van der Waals surface area (Å²) >= 11 is 2.00. The molecule has 0 bridgehead atoms. The van der Waals surface area contributed by atoms with Gasteiger partial charge in [0.1, 0.15) is 6.04 Å². The third kappa shape index (κ3) is 3.98. The maximum absolute atomic E-state index is 11.5. The number of carbonyl (C=O) groups excluding carboxylic acids is 1. The maximum Gasteiger partial charge on any atom is 0.322 e. The van der Waals surface area contributed by atoms with E-state index in [1.807, 2.05) is 25.6 Å². The van der Waals surface area contributed by atoms with Crippen molar-refractivity contribution in [2.24, 2.45) is 0 Å². The Balaban J connectivity index is 2.37. The molecular weight excluding hydrogens is 222 g/mol. The van der Waals surface area contributed by atoms with Crippen molar-refractivity contribution < 1.29 is 9.53 Å². The molecule has 1 aliphatic rings. The van der Waals surface area contributed by atoms with Crippen molar-refractivity contribution in [1.82, 2.24) is 5.32 Å². The zero-order valence-electron chi connectivity index (χ0n) is 10.5. The molecule has 3 nitrogen and oxygen atoms in total. The van der Waals surface area contributed by atoms with Gasteiger partial charge in [-0.25, -0.2) is 0 Å². The van der Waals surface area contributed by atoms with Crippen LogP contribution in [0.3, 0.4) is 0 Å². The molecule has 0 aliphatic heterocycles. The van der Waals surface area contributed by atoms with Crippen LogP contribution < -0.4 is 5.32 Å². The van der Waals surface area contributed by atoms with Gasteiger partial charge in [0, 0.05) is 11.3 Å². The molecule has 0 radical (unpaired) electrons. The zero-order valence-corrected chi connectivity index (χ0v) is 11.3. The Morgan fingerprint density at radius 1 is 1.50 bits per heavy atom. The van der Waals surface area contributed by atoms with E-state index in [9.17, 15) is 4.79 Å². The molecule has 1 aliphatic carbocycles. The smallest absolute Gasteiger partial charge is 0.322 e. The van der Waals surface area contributed by atoms with Crippen molar-refractivity contribution in [2.75, 3.05) is 12.4 Å². The maximum atomic E-state index is 11.5. The van der Waals surface area contributed by atoms with Crippen LogP contribution in [0, 0.1) is 0 Å². The highest BCUT2D eigenvalue weighted by molar-refractivity contribution is 7.99. The summed E-state index contributed by atoms with van der Waals surface area (Å²) in [7, 11) is 0. The fraction of sp³-hybridized carbons (Fsp3) is 0.917. The van der Waals surface area contributed by atoms with E-state index >= 15 is 0 Å². The molecule has 4 heteroatoms.